The molecule has 6 heteroatoms. The zero-order valence-corrected chi connectivity index (χ0v) is 20.5. The molecular formula is C28H33N3O2S. The topological polar surface area (TPSA) is 68.4 Å². The number of aliphatic hydroxyl groups is 1. The molecule has 0 spiro atoms. The second-order valence-electron chi connectivity index (χ2n) is 9.43. The standard InChI is InChI=1S/C28H33N3O2S/c1-2-3-6-21(15-20-18-29-25-8-5-4-7-24(20)25)30-28(33)27-16-19-9-10-22(17-26(19)34-27)31-13-11-23(32)12-14-31/h4-5,7-10,16-18,21,23,29,32H,2-3,6,11-15H2,1H3,(H,30,33). The third-order valence-corrected chi connectivity index (χ3v) is 8.04. The normalized spacial score (nSPS) is 15.8. The summed E-state index contributed by atoms with van der Waals surface area (Å²) in [5, 5.41) is 15.5. The molecule has 1 saturated heterocycles. The molecular weight excluding hydrogens is 442 g/mol. The molecule has 1 fully saturated rings. The smallest absolute Gasteiger partial charge is 0.261 e. The summed E-state index contributed by atoms with van der Waals surface area (Å²) in [6, 6.07) is 16.9. The quantitative estimate of drug-likeness (QED) is 0.298. The number of piperidine rings is 1. The van der Waals surface area contributed by atoms with Crippen molar-refractivity contribution < 1.29 is 9.90 Å². The Morgan fingerprint density at radius 2 is 2.03 bits per heavy atom. The van der Waals surface area contributed by atoms with Crippen LogP contribution in [0.3, 0.4) is 0 Å². The molecule has 1 atom stereocenters. The van der Waals surface area contributed by atoms with E-state index in [0.717, 1.165) is 72.1 Å². The number of aromatic amines is 1. The summed E-state index contributed by atoms with van der Waals surface area (Å²) in [4.78, 5) is 19.7. The molecule has 0 saturated carbocycles. The molecule has 3 N–H and O–H groups in total. The van der Waals surface area contributed by atoms with E-state index < -0.39 is 0 Å². The number of thiophene rings is 1. The summed E-state index contributed by atoms with van der Waals surface area (Å²) in [6.07, 6.45) is 7.52. The van der Waals surface area contributed by atoms with Crippen molar-refractivity contribution in [1.29, 1.82) is 0 Å². The SMILES string of the molecule is CCCCC(Cc1c[nH]c2ccccc12)NC(=O)c1cc2ccc(N3CCC(O)CC3)cc2s1. The Hall–Kier alpha value is -2.83. The van der Waals surface area contributed by atoms with Crippen LogP contribution in [-0.4, -0.2) is 41.2 Å². The second kappa shape index (κ2) is 10.2. The van der Waals surface area contributed by atoms with Crippen LogP contribution >= 0.6 is 11.3 Å². The number of carbonyl (C=O) groups excluding carboxylic acids is 1. The van der Waals surface area contributed by atoms with Crippen LogP contribution in [0.15, 0.2) is 54.7 Å². The Labute approximate surface area is 204 Å². The van der Waals surface area contributed by atoms with Crippen molar-refractivity contribution in [2.75, 3.05) is 18.0 Å². The van der Waals surface area contributed by atoms with Gasteiger partial charge in [-0.3, -0.25) is 4.79 Å². The van der Waals surface area contributed by atoms with Crippen LogP contribution in [0.25, 0.3) is 21.0 Å². The molecule has 4 aromatic rings. The summed E-state index contributed by atoms with van der Waals surface area (Å²) >= 11 is 1.57. The number of hydrogen-bond donors (Lipinski definition) is 3. The zero-order chi connectivity index (χ0) is 23.5. The Morgan fingerprint density at radius 1 is 1.21 bits per heavy atom. The molecule has 1 aliphatic rings. The summed E-state index contributed by atoms with van der Waals surface area (Å²) in [5.41, 5.74) is 3.57. The molecule has 0 aliphatic carbocycles. The van der Waals surface area contributed by atoms with Gasteiger partial charge in [0.1, 0.15) is 0 Å². The highest BCUT2D eigenvalue weighted by atomic mass is 32.1. The maximum atomic E-state index is 13.3. The van der Waals surface area contributed by atoms with Crippen LogP contribution in [0.5, 0.6) is 0 Å². The van der Waals surface area contributed by atoms with Crippen molar-refractivity contribution in [2.24, 2.45) is 0 Å². The minimum Gasteiger partial charge on any atom is -0.393 e. The molecule has 2 aromatic carbocycles. The number of aromatic nitrogens is 1. The van der Waals surface area contributed by atoms with Gasteiger partial charge in [0.2, 0.25) is 0 Å². The number of benzene rings is 2. The largest absolute Gasteiger partial charge is 0.393 e. The van der Waals surface area contributed by atoms with Gasteiger partial charge >= 0.3 is 0 Å². The van der Waals surface area contributed by atoms with Gasteiger partial charge in [0.05, 0.1) is 11.0 Å². The van der Waals surface area contributed by atoms with Gasteiger partial charge in [-0.2, -0.15) is 0 Å². The lowest BCUT2D eigenvalue weighted by Crippen LogP contribution is -2.36. The van der Waals surface area contributed by atoms with E-state index in [2.05, 4.69) is 64.7 Å². The summed E-state index contributed by atoms with van der Waals surface area (Å²) < 4.78 is 1.13. The lowest BCUT2D eigenvalue weighted by Gasteiger charge is -2.31. The van der Waals surface area contributed by atoms with Crippen molar-refractivity contribution in [1.82, 2.24) is 10.3 Å². The van der Waals surface area contributed by atoms with Gasteiger partial charge in [0.15, 0.2) is 0 Å². The Bertz CT molecular complexity index is 1270. The Morgan fingerprint density at radius 3 is 2.85 bits per heavy atom. The molecule has 5 nitrogen and oxygen atoms in total. The van der Waals surface area contributed by atoms with E-state index in [9.17, 15) is 9.90 Å². The van der Waals surface area contributed by atoms with Gasteiger partial charge < -0.3 is 20.3 Å². The van der Waals surface area contributed by atoms with Crippen molar-refractivity contribution in [3.63, 3.8) is 0 Å². The van der Waals surface area contributed by atoms with Crippen LogP contribution in [0.4, 0.5) is 5.69 Å². The number of carbonyl (C=O) groups is 1. The van der Waals surface area contributed by atoms with E-state index in [1.165, 1.54) is 16.6 Å². The number of nitrogens with zero attached hydrogens (tertiary/aromatic N) is 1. The number of hydrogen-bond acceptors (Lipinski definition) is 4. The van der Waals surface area contributed by atoms with Crippen LogP contribution in [-0.2, 0) is 6.42 Å². The highest BCUT2D eigenvalue weighted by Gasteiger charge is 2.20. The van der Waals surface area contributed by atoms with Crippen molar-refractivity contribution in [2.45, 2.75) is 57.6 Å². The summed E-state index contributed by atoms with van der Waals surface area (Å²) in [7, 11) is 0. The number of anilines is 1. The first kappa shape index (κ1) is 22.9. The van der Waals surface area contributed by atoms with Gasteiger partial charge in [-0.25, -0.2) is 0 Å². The second-order valence-corrected chi connectivity index (χ2v) is 10.5. The minimum absolute atomic E-state index is 0.0183. The predicted molar refractivity (Wildman–Crippen MR) is 142 cm³/mol. The highest BCUT2D eigenvalue weighted by Crippen LogP contribution is 2.31. The van der Waals surface area contributed by atoms with Gasteiger partial charge in [-0.15, -0.1) is 11.3 Å². The van der Waals surface area contributed by atoms with E-state index >= 15 is 0 Å². The molecule has 178 valence electrons. The fourth-order valence-electron chi connectivity index (χ4n) is 4.95. The molecule has 2 aromatic heterocycles. The fraction of sp³-hybridized carbons (Fsp3) is 0.393. The molecule has 1 unspecified atom stereocenters. The van der Waals surface area contributed by atoms with Crippen LogP contribution in [0.1, 0.15) is 54.3 Å². The lowest BCUT2D eigenvalue weighted by molar-refractivity contribution is 0.0938. The van der Waals surface area contributed by atoms with Crippen molar-refractivity contribution >= 4 is 43.9 Å². The minimum atomic E-state index is -0.179. The van der Waals surface area contributed by atoms with Crippen molar-refractivity contribution in [3.8, 4) is 0 Å². The Kier molecular flexibility index (Phi) is 6.88. The number of aliphatic hydroxyl groups excluding tert-OH is 1. The number of H-pyrrole nitrogens is 1. The first-order valence-corrected chi connectivity index (χ1v) is 13.2. The number of unbranched alkanes of at least 4 members (excludes halogenated alkanes) is 1. The summed E-state index contributed by atoms with van der Waals surface area (Å²) in [6.45, 7) is 3.94. The first-order chi connectivity index (χ1) is 16.6. The van der Waals surface area contributed by atoms with Gasteiger partial charge in [0, 0.05) is 46.6 Å². The van der Waals surface area contributed by atoms with E-state index in [4.69, 9.17) is 0 Å². The lowest BCUT2D eigenvalue weighted by atomic mass is 10.0. The summed E-state index contributed by atoms with van der Waals surface area (Å²) in [5.74, 6) is 0.0183. The van der Waals surface area contributed by atoms with E-state index in [1.807, 2.05) is 12.1 Å². The van der Waals surface area contributed by atoms with Gasteiger partial charge in [0.25, 0.3) is 5.91 Å². The monoisotopic (exact) mass is 475 g/mol. The number of fused-ring (bicyclic) bond motifs is 2. The Balaban J connectivity index is 1.31. The number of para-hydroxylation sites is 1. The molecule has 0 bridgehead atoms. The van der Waals surface area contributed by atoms with E-state index in [-0.39, 0.29) is 18.1 Å². The van der Waals surface area contributed by atoms with Gasteiger partial charge in [-0.05, 0) is 60.9 Å². The molecule has 1 amide bonds. The maximum Gasteiger partial charge on any atom is 0.261 e. The third kappa shape index (κ3) is 4.98. The third-order valence-electron chi connectivity index (χ3n) is 6.94. The molecule has 0 radical (unpaired) electrons. The van der Waals surface area contributed by atoms with E-state index in [1.54, 1.807) is 11.3 Å². The zero-order valence-electron chi connectivity index (χ0n) is 19.7. The van der Waals surface area contributed by atoms with Crippen molar-refractivity contribution in [3.05, 3.63) is 65.2 Å². The highest BCUT2D eigenvalue weighted by molar-refractivity contribution is 7.20. The molecule has 3 heterocycles. The maximum absolute atomic E-state index is 13.3. The fourth-order valence-corrected chi connectivity index (χ4v) is 5.95. The van der Waals surface area contributed by atoms with Gasteiger partial charge in [-0.1, -0.05) is 44.0 Å². The molecule has 1 aliphatic heterocycles. The first-order valence-electron chi connectivity index (χ1n) is 12.4. The molecule has 5 rings (SSSR count). The average molecular weight is 476 g/mol. The molecule has 34 heavy (non-hydrogen) atoms. The number of rotatable bonds is 8. The van der Waals surface area contributed by atoms with Crippen LogP contribution in [0, 0.1) is 0 Å². The van der Waals surface area contributed by atoms with Crippen LogP contribution in [0.2, 0.25) is 0 Å². The predicted octanol–water partition coefficient (Wildman–Crippen LogP) is 5.88. The van der Waals surface area contributed by atoms with E-state index in [0.29, 0.717) is 0 Å². The van der Waals surface area contributed by atoms with Crippen LogP contribution < -0.4 is 10.2 Å². The number of nitrogens with one attached hydrogen (secondary N) is 2. The number of amides is 1. The average Bonchev–Trinajstić information content (AvgIpc) is 3.47.